The van der Waals surface area contributed by atoms with Crippen LogP contribution in [0.15, 0.2) is 30.3 Å². The Morgan fingerprint density at radius 2 is 2.13 bits per heavy atom. The second kappa shape index (κ2) is 5.87. The summed E-state index contributed by atoms with van der Waals surface area (Å²) in [6, 6.07) is 8.78. The molecule has 0 radical (unpaired) electrons. The van der Waals surface area contributed by atoms with Gasteiger partial charge in [-0.25, -0.2) is 4.79 Å². The summed E-state index contributed by atoms with van der Waals surface area (Å²) in [5.41, 5.74) is 5.38. The molecule has 1 aromatic rings. The van der Waals surface area contributed by atoms with Crippen LogP contribution in [0.5, 0.6) is 5.75 Å². The summed E-state index contributed by atoms with van der Waals surface area (Å²) in [5, 5.41) is 10.8. The molecule has 5 heteroatoms. The lowest BCUT2D eigenvalue weighted by Gasteiger charge is -2.15. The summed E-state index contributed by atoms with van der Waals surface area (Å²) in [6.45, 7) is 0.436. The lowest BCUT2D eigenvalue weighted by Crippen LogP contribution is -2.43. The van der Waals surface area contributed by atoms with Gasteiger partial charge in [0.05, 0.1) is 6.04 Å². The van der Waals surface area contributed by atoms with Crippen molar-refractivity contribution in [1.29, 1.82) is 0 Å². The van der Waals surface area contributed by atoms with Crippen LogP contribution in [0.4, 0.5) is 4.79 Å². The van der Waals surface area contributed by atoms with E-state index < -0.39 is 6.09 Å². The molecule has 4 N–H and O–H groups in total. The van der Waals surface area contributed by atoms with Gasteiger partial charge >= 0.3 is 6.09 Å². The van der Waals surface area contributed by atoms with Gasteiger partial charge < -0.3 is 20.9 Å². The molecular formula is C10H14N2O3. The fourth-order valence-electron chi connectivity index (χ4n) is 1.06. The minimum absolute atomic E-state index is 0.207. The molecule has 0 heterocycles. The molecule has 0 aliphatic carbocycles. The third-order valence-corrected chi connectivity index (χ3v) is 1.81. The Morgan fingerprint density at radius 1 is 1.47 bits per heavy atom. The second-order valence-corrected chi connectivity index (χ2v) is 3.01. The molecule has 1 atom stereocenters. The van der Waals surface area contributed by atoms with Gasteiger partial charge in [-0.05, 0) is 12.1 Å². The summed E-state index contributed by atoms with van der Waals surface area (Å²) in [7, 11) is 0. The molecule has 0 saturated heterocycles. The van der Waals surface area contributed by atoms with Crippen LogP contribution in [-0.4, -0.2) is 30.4 Å². The van der Waals surface area contributed by atoms with E-state index in [1.54, 1.807) is 12.1 Å². The van der Waals surface area contributed by atoms with Crippen LogP contribution in [0, 0.1) is 0 Å². The predicted octanol–water partition coefficient (Wildman–Crippen LogP) is 0.660. The Morgan fingerprint density at radius 3 is 2.67 bits per heavy atom. The highest BCUT2D eigenvalue weighted by Crippen LogP contribution is 2.08. The van der Waals surface area contributed by atoms with Gasteiger partial charge in [-0.15, -0.1) is 0 Å². The maximum atomic E-state index is 10.4. The Labute approximate surface area is 87.9 Å². The van der Waals surface area contributed by atoms with Crippen molar-refractivity contribution in [2.24, 2.45) is 5.73 Å². The van der Waals surface area contributed by atoms with Gasteiger partial charge in [0.1, 0.15) is 12.4 Å². The van der Waals surface area contributed by atoms with Crippen LogP contribution in [0.2, 0.25) is 0 Å². The van der Waals surface area contributed by atoms with Gasteiger partial charge in [0.2, 0.25) is 0 Å². The molecule has 0 aromatic heterocycles. The molecule has 0 fully saturated rings. The normalized spacial score (nSPS) is 11.8. The monoisotopic (exact) mass is 210 g/mol. The Kier molecular flexibility index (Phi) is 4.43. The van der Waals surface area contributed by atoms with Crippen molar-refractivity contribution in [3.05, 3.63) is 30.3 Å². The van der Waals surface area contributed by atoms with Crippen molar-refractivity contribution in [3.8, 4) is 5.75 Å². The molecule has 5 nitrogen and oxygen atoms in total. The number of ether oxygens (including phenoxy) is 1. The van der Waals surface area contributed by atoms with Crippen LogP contribution in [-0.2, 0) is 0 Å². The number of hydrogen-bond acceptors (Lipinski definition) is 3. The molecule has 0 spiro atoms. The van der Waals surface area contributed by atoms with E-state index in [0.29, 0.717) is 5.75 Å². The minimum Gasteiger partial charge on any atom is -0.491 e. The van der Waals surface area contributed by atoms with Crippen LogP contribution in [0.3, 0.4) is 0 Å². The van der Waals surface area contributed by atoms with E-state index in [1.165, 1.54) is 0 Å². The molecule has 0 aliphatic rings. The maximum Gasteiger partial charge on any atom is 0.405 e. The predicted molar refractivity (Wildman–Crippen MR) is 55.9 cm³/mol. The quantitative estimate of drug-likeness (QED) is 0.666. The molecule has 1 unspecified atom stereocenters. The summed E-state index contributed by atoms with van der Waals surface area (Å²) < 4.78 is 5.35. The van der Waals surface area contributed by atoms with E-state index in [9.17, 15) is 4.79 Å². The fourth-order valence-corrected chi connectivity index (χ4v) is 1.06. The van der Waals surface area contributed by atoms with Crippen molar-refractivity contribution in [2.45, 2.75) is 6.04 Å². The largest absolute Gasteiger partial charge is 0.491 e. The van der Waals surface area contributed by atoms with E-state index in [0.717, 1.165) is 0 Å². The zero-order chi connectivity index (χ0) is 11.1. The number of benzene rings is 1. The first-order valence-electron chi connectivity index (χ1n) is 4.59. The van der Waals surface area contributed by atoms with Crippen molar-refractivity contribution >= 4 is 6.09 Å². The zero-order valence-corrected chi connectivity index (χ0v) is 8.22. The van der Waals surface area contributed by atoms with Gasteiger partial charge in [-0.1, -0.05) is 18.2 Å². The van der Waals surface area contributed by atoms with Gasteiger partial charge in [0, 0.05) is 6.54 Å². The number of hydrogen-bond donors (Lipinski definition) is 3. The lowest BCUT2D eigenvalue weighted by atomic mass is 10.3. The van der Waals surface area contributed by atoms with Crippen molar-refractivity contribution in [2.75, 3.05) is 13.2 Å². The summed E-state index contributed by atoms with van der Waals surface area (Å²) >= 11 is 0. The number of nitrogens with two attached hydrogens (primary N) is 1. The van der Waals surface area contributed by atoms with Gasteiger partial charge in [-0.3, -0.25) is 0 Å². The number of carbonyl (C=O) groups is 1. The smallest absolute Gasteiger partial charge is 0.405 e. The van der Waals surface area contributed by atoms with Crippen molar-refractivity contribution in [3.63, 3.8) is 0 Å². The highest BCUT2D eigenvalue weighted by molar-refractivity contribution is 5.64. The molecule has 0 bridgehead atoms. The highest BCUT2D eigenvalue weighted by atomic mass is 16.5. The lowest BCUT2D eigenvalue weighted by molar-refractivity contribution is 0.182. The third kappa shape index (κ3) is 4.33. The average Bonchev–Trinajstić information content (AvgIpc) is 2.25. The van der Waals surface area contributed by atoms with Crippen molar-refractivity contribution in [1.82, 2.24) is 5.32 Å². The zero-order valence-electron chi connectivity index (χ0n) is 8.22. The number of para-hydroxylation sites is 1. The number of amides is 1. The van der Waals surface area contributed by atoms with Gasteiger partial charge in [0.25, 0.3) is 0 Å². The molecular weight excluding hydrogens is 196 g/mol. The molecule has 82 valence electrons. The topological polar surface area (TPSA) is 84.6 Å². The Bertz CT molecular complexity index is 303. The number of rotatable bonds is 5. The van der Waals surface area contributed by atoms with E-state index in [1.807, 2.05) is 18.2 Å². The molecule has 1 aromatic carbocycles. The Balaban J connectivity index is 2.37. The summed E-state index contributed by atoms with van der Waals surface area (Å²) in [6.07, 6.45) is -1.10. The average molecular weight is 210 g/mol. The number of nitrogens with one attached hydrogen (secondary N) is 1. The van der Waals surface area contributed by atoms with E-state index in [2.05, 4.69) is 5.32 Å². The SMILES string of the molecule is NCC(COc1ccccc1)NC(=O)O. The van der Waals surface area contributed by atoms with Crippen molar-refractivity contribution < 1.29 is 14.6 Å². The number of carboxylic acid groups (broad SMARTS) is 1. The van der Waals surface area contributed by atoms with E-state index in [4.69, 9.17) is 15.6 Å². The minimum atomic E-state index is -1.10. The van der Waals surface area contributed by atoms with Gasteiger partial charge in [-0.2, -0.15) is 0 Å². The van der Waals surface area contributed by atoms with Gasteiger partial charge in [0.15, 0.2) is 0 Å². The van der Waals surface area contributed by atoms with E-state index in [-0.39, 0.29) is 19.2 Å². The third-order valence-electron chi connectivity index (χ3n) is 1.81. The maximum absolute atomic E-state index is 10.4. The van der Waals surface area contributed by atoms with Crippen LogP contribution < -0.4 is 15.8 Å². The molecule has 0 saturated carbocycles. The fraction of sp³-hybridized carbons (Fsp3) is 0.300. The molecule has 0 aliphatic heterocycles. The molecule has 1 amide bonds. The highest BCUT2D eigenvalue weighted by Gasteiger charge is 2.09. The van der Waals surface area contributed by atoms with Crippen LogP contribution in [0.25, 0.3) is 0 Å². The molecule has 1 rings (SSSR count). The first-order chi connectivity index (χ1) is 7.22. The Hall–Kier alpha value is -1.75. The van der Waals surface area contributed by atoms with E-state index >= 15 is 0 Å². The summed E-state index contributed by atoms with van der Waals surface area (Å²) in [5.74, 6) is 0.697. The standard InChI is InChI=1S/C10H14N2O3/c11-6-8(12-10(13)14)7-15-9-4-2-1-3-5-9/h1-5,8,12H,6-7,11H2,(H,13,14). The van der Waals surface area contributed by atoms with Crippen LogP contribution >= 0.6 is 0 Å². The second-order valence-electron chi connectivity index (χ2n) is 3.01. The molecule has 15 heavy (non-hydrogen) atoms. The van der Waals surface area contributed by atoms with Crippen LogP contribution in [0.1, 0.15) is 0 Å². The summed E-state index contributed by atoms with van der Waals surface area (Å²) in [4.78, 5) is 10.4. The first-order valence-corrected chi connectivity index (χ1v) is 4.59. The first kappa shape index (κ1) is 11.3.